The minimum Gasteiger partial charge on any atom is -0.508 e. The van der Waals surface area contributed by atoms with Crippen molar-refractivity contribution in [1.82, 2.24) is 0 Å². The lowest BCUT2D eigenvalue weighted by molar-refractivity contribution is 0.186. The number of aliphatic hydroxyl groups excluding tert-OH is 2. The molecule has 6 nitrogen and oxygen atoms in total. The molecule has 0 saturated carbocycles. The van der Waals surface area contributed by atoms with Crippen LogP contribution in [0, 0.1) is 0 Å². The first-order valence-corrected chi connectivity index (χ1v) is 6.82. The van der Waals surface area contributed by atoms with Crippen molar-refractivity contribution < 1.29 is 20.4 Å². The molecular formula is C16H22N2O4. The van der Waals surface area contributed by atoms with Gasteiger partial charge in [-0.15, -0.1) is 0 Å². The molecule has 0 aliphatic rings. The highest BCUT2D eigenvalue weighted by Crippen LogP contribution is 2.17. The fourth-order valence-corrected chi connectivity index (χ4v) is 1.74. The summed E-state index contributed by atoms with van der Waals surface area (Å²) in [5.41, 5.74) is 11.7. The summed E-state index contributed by atoms with van der Waals surface area (Å²) < 4.78 is 0. The highest BCUT2D eigenvalue weighted by molar-refractivity contribution is 5.29. The van der Waals surface area contributed by atoms with E-state index in [2.05, 4.69) is 0 Å². The van der Waals surface area contributed by atoms with Gasteiger partial charge in [-0.2, -0.15) is 0 Å². The Morgan fingerprint density at radius 2 is 1.09 bits per heavy atom. The van der Waals surface area contributed by atoms with E-state index >= 15 is 0 Å². The van der Waals surface area contributed by atoms with E-state index in [0.717, 1.165) is 0 Å². The molecule has 6 heteroatoms. The summed E-state index contributed by atoms with van der Waals surface area (Å²) in [6.45, 7) is 0.340. The summed E-state index contributed by atoms with van der Waals surface area (Å²) in [6, 6.07) is 12.9. The molecule has 2 aromatic carbocycles. The van der Waals surface area contributed by atoms with Gasteiger partial charge in [0.25, 0.3) is 0 Å². The molecule has 0 saturated heterocycles. The minimum absolute atomic E-state index is 0.148. The third-order valence-electron chi connectivity index (χ3n) is 2.96. The standard InChI is InChI=1S/2C8H11NO2/c2*9-5-8(11)6-2-1-3-7(10)4-6/h2*1-4,8,10-11H,5,9H2. The maximum Gasteiger partial charge on any atom is 0.115 e. The van der Waals surface area contributed by atoms with Crippen molar-refractivity contribution in [2.24, 2.45) is 11.5 Å². The molecule has 2 rings (SSSR count). The van der Waals surface area contributed by atoms with E-state index in [9.17, 15) is 10.2 Å². The van der Waals surface area contributed by atoms with E-state index in [4.69, 9.17) is 21.7 Å². The molecule has 0 aliphatic heterocycles. The van der Waals surface area contributed by atoms with Crippen LogP contribution in [-0.2, 0) is 0 Å². The molecule has 0 heterocycles. The minimum atomic E-state index is -0.679. The van der Waals surface area contributed by atoms with Crippen LogP contribution in [-0.4, -0.2) is 33.5 Å². The zero-order chi connectivity index (χ0) is 16.5. The lowest BCUT2D eigenvalue weighted by Gasteiger charge is -2.06. The van der Waals surface area contributed by atoms with E-state index in [-0.39, 0.29) is 24.6 Å². The highest BCUT2D eigenvalue weighted by Gasteiger charge is 2.04. The first-order chi connectivity index (χ1) is 10.5. The summed E-state index contributed by atoms with van der Waals surface area (Å²) in [7, 11) is 0. The Balaban J connectivity index is 0.000000220. The van der Waals surface area contributed by atoms with Crippen LogP contribution in [0.1, 0.15) is 23.3 Å². The molecule has 2 unspecified atom stereocenters. The van der Waals surface area contributed by atoms with Gasteiger partial charge in [0.2, 0.25) is 0 Å². The Bertz CT molecular complexity index is 526. The molecular weight excluding hydrogens is 284 g/mol. The van der Waals surface area contributed by atoms with E-state index < -0.39 is 12.2 Å². The zero-order valence-corrected chi connectivity index (χ0v) is 12.1. The molecule has 8 N–H and O–H groups in total. The maximum absolute atomic E-state index is 9.22. The molecule has 0 radical (unpaired) electrons. The van der Waals surface area contributed by atoms with Crippen LogP contribution in [0.5, 0.6) is 11.5 Å². The van der Waals surface area contributed by atoms with Gasteiger partial charge in [0.1, 0.15) is 11.5 Å². The molecule has 22 heavy (non-hydrogen) atoms. The summed E-state index contributed by atoms with van der Waals surface area (Å²) in [5, 5.41) is 36.4. The first kappa shape index (κ1) is 17.9. The third-order valence-corrected chi connectivity index (χ3v) is 2.96. The van der Waals surface area contributed by atoms with Crippen molar-refractivity contribution in [3.05, 3.63) is 59.7 Å². The van der Waals surface area contributed by atoms with Gasteiger partial charge in [0.05, 0.1) is 12.2 Å². The van der Waals surface area contributed by atoms with Crippen LogP contribution >= 0.6 is 0 Å². The van der Waals surface area contributed by atoms with Gasteiger partial charge in [0.15, 0.2) is 0 Å². The molecule has 0 aliphatic carbocycles. The van der Waals surface area contributed by atoms with E-state index in [0.29, 0.717) is 11.1 Å². The van der Waals surface area contributed by atoms with Gasteiger partial charge >= 0.3 is 0 Å². The first-order valence-electron chi connectivity index (χ1n) is 6.82. The summed E-state index contributed by atoms with van der Waals surface area (Å²) in [4.78, 5) is 0. The average molecular weight is 306 g/mol. The van der Waals surface area contributed by atoms with Gasteiger partial charge < -0.3 is 31.9 Å². The van der Waals surface area contributed by atoms with Crippen molar-refractivity contribution in [3.8, 4) is 11.5 Å². The smallest absolute Gasteiger partial charge is 0.115 e. The molecule has 2 aromatic rings. The number of phenolic OH excluding ortho intramolecular Hbond substituents is 2. The number of benzene rings is 2. The lowest BCUT2D eigenvalue weighted by atomic mass is 10.1. The number of rotatable bonds is 4. The van der Waals surface area contributed by atoms with Crippen LogP contribution in [0.15, 0.2) is 48.5 Å². The normalized spacial score (nSPS) is 12.9. The van der Waals surface area contributed by atoms with E-state index in [1.807, 2.05) is 0 Å². The zero-order valence-electron chi connectivity index (χ0n) is 12.1. The number of phenols is 2. The maximum atomic E-state index is 9.22. The highest BCUT2D eigenvalue weighted by atomic mass is 16.3. The summed E-state index contributed by atoms with van der Waals surface area (Å²) >= 11 is 0. The number of nitrogens with two attached hydrogens (primary N) is 2. The van der Waals surface area contributed by atoms with Gasteiger partial charge in [-0.1, -0.05) is 24.3 Å². The molecule has 120 valence electrons. The van der Waals surface area contributed by atoms with Crippen molar-refractivity contribution in [1.29, 1.82) is 0 Å². The molecule has 0 bridgehead atoms. The van der Waals surface area contributed by atoms with E-state index in [1.165, 1.54) is 12.1 Å². The van der Waals surface area contributed by atoms with Crippen molar-refractivity contribution in [2.75, 3.05) is 13.1 Å². The van der Waals surface area contributed by atoms with Gasteiger partial charge in [-0.05, 0) is 35.4 Å². The topological polar surface area (TPSA) is 133 Å². The fraction of sp³-hybridized carbons (Fsp3) is 0.250. The molecule has 0 amide bonds. The van der Waals surface area contributed by atoms with Gasteiger partial charge in [-0.3, -0.25) is 0 Å². The Morgan fingerprint density at radius 3 is 1.36 bits per heavy atom. The fourth-order valence-electron chi connectivity index (χ4n) is 1.74. The Morgan fingerprint density at radius 1 is 0.727 bits per heavy atom. The third kappa shape index (κ3) is 5.71. The second-order valence-corrected chi connectivity index (χ2v) is 4.69. The van der Waals surface area contributed by atoms with Crippen LogP contribution < -0.4 is 11.5 Å². The SMILES string of the molecule is NCC(O)c1cccc(O)c1.NCC(O)c1cccc(O)c1. The van der Waals surface area contributed by atoms with Crippen molar-refractivity contribution in [3.63, 3.8) is 0 Å². The number of aliphatic hydroxyl groups is 2. The van der Waals surface area contributed by atoms with Gasteiger partial charge in [0, 0.05) is 13.1 Å². The number of hydrogen-bond acceptors (Lipinski definition) is 6. The summed E-state index contributed by atoms with van der Waals surface area (Å²) in [5.74, 6) is 0.296. The second-order valence-electron chi connectivity index (χ2n) is 4.69. The average Bonchev–Trinajstić information content (AvgIpc) is 2.54. The van der Waals surface area contributed by atoms with Crippen LogP contribution in [0.4, 0.5) is 0 Å². The molecule has 0 spiro atoms. The molecule has 2 atom stereocenters. The predicted octanol–water partition coefficient (Wildman–Crippen LogP) is 0.769. The van der Waals surface area contributed by atoms with E-state index in [1.54, 1.807) is 36.4 Å². The number of hydrogen-bond donors (Lipinski definition) is 6. The largest absolute Gasteiger partial charge is 0.508 e. The van der Waals surface area contributed by atoms with Crippen LogP contribution in [0.3, 0.4) is 0 Å². The van der Waals surface area contributed by atoms with Crippen LogP contribution in [0.25, 0.3) is 0 Å². The van der Waals surface area contributed by atoms with Crippen molar-refractivity contribution >= 4 is 0 Å². The molecule has 0 aromatic heterocycles. The van der Waals surface area contributed by atoms with Gasteiger partial charge in [-0.25, -0.2) is 0 Å². The lowest BCUT2D eigenvalue weighted by Crippen LogP contribution is -2.11. The monoisotopic (exact) mass is 306 g/mol. The van der Waals surface area contributed by atoms with Crippen molar-refractivity contribution in [2.45, 2.75) is 12.2 Å². The second kappa shape index (κ2) is 9.01. The summed E-state index contributed by atoms with van der Waals surface area (Å²) in [6.07, 6.45) is -1.36. The Labute approximate surface area is 129 Å². The Hall–Kier alpha value is -2.12. The predicted molar refractivity (Wildman–Crippen MR) is 84.2 cm³/mol. The Kier molecular flexibility index (Phi) is 7.34. The van der Waals surface area contributed by atoms with Crippen LogP contribution in [0.2, 0.25) is 0 Å². The quantitative estimate of drug-likeness (QED) is 0.494. The molecule has 0 fully saturated rings. The number of aromatic hydroxyl groups is 2.